The fourth-order valence-corrected chi connectivity index (χ4v) is 3.18. The van der Waals surface area contributed by atoms with Gasteiger partial charge in [-0.3, -0.25) is 0 Å². The molecule has 0 aliphatic carbocycles. The van der Waals surface area contributed by atoms with Crippen molar-refractivity contribution in [3.63, 3.8) is 0 Å². The lowest BCUT2D eigenvalue weighted by atomic mass is 10.2. The van der Waals surface area contributed by atoms with Crippen LogP contribution in [0.4, 0.5) is 0 Å². The number of rotatable bonds is 5. The Morgan fingerprint density at radius 2 is 2.11 bits per heavy atom. The van der Waals surface area contributed by atoms with Gasteiger partial charge in [-0.2, -0.15) is 0 Å². The van der Waals surface area contributed by atoms with E-state index in [4.69, 9.17) is 18.6 Å². The monoisotopic (exact) mass is 383 g/mol. The normalized spacial score (nSPS) is 13.5. The van der Waals surface area contributed by atoms with Gasteiger partial charge in [-0.25, -0.2) is 9.78 Å². The second-order valence-corrected chi connectivity index (χ2v) is 6.77. The van der Waals surface area contributed by atoms with Crippen molar-refractivity contribution >= 4 is 23.4 Å². The lowest BCUT2D eigenvalue weighted by Gasteiger charge is -2.07. The van der Waals surface area contributed by atoms with E-state index >= 15 is 0 Å². The maximum atomic E-state index is 11.9. The fourth-order valence-electron chi connectivity index (χ4n) is 2.53. The van der Waals surface area contributed by atoms with Crippen molar-refractivity contribution in [3.8, 4) is 22.3 Å². The summed E-state index contributed by atoms with van der Waals surface area (Å²) in [6, 6.07) is 9.39. The molecular weight excluding hydrogens is 366 g/mol. The van der Waals surface area contributed by atoms with Crippen LogP contribution in [-0.4, -0.2) is 24.2 Å². The minimum absolute atomic E-state index is 0.0547. The number of esters is 1. The van der Waals surface area contributed by atoms with Crippen molar-refractivity contribution in [2.75, 3.05) is 13.2 Å². The number of ether oxygens (including phenoxy) is 3. The number of carbonyl (C=O) groups is 1. The third-order valence-corrected chi connectivity index (χ3v) is 4.69. The largest absolute Gasteiger partial charge is 0.490 e. The van der Waals surface area contributed by atoms with Crippen LogP contribution in [0.3, 0.4) is 0 Å². The van der Waals surface area contributed by atoms with Gasteiger partial charge in [0.05, 0.1) is 18.1 Å². The highest BCUT2D eigenvalue weighted by atomic mass is 32.1. The first-order valence-corrected chi connectivity index (χ1v) is 9.39. The highest BCUT2D eigenvalue weighted by Gasteiger charge is 2.11. The number of fused-ring (bicyclic) bond motifs is 1. The number of benzene rings is 1. The zero-order valence-electron chi connectivity index (χ0n) is 14.4. The Hall–Kier alpha value is -3.06. The van der Waals surface area contributed by atoms with Gasteiger partial charge < -0.3 is 18.6 Å². The van der Waals surface area contributed by atoms with Crippen molar-refractivity contribution in [1.82, 2.24) is 4.98 Å². The number of aromatic nitrogens is 1. The molecule has 0 saturated carbocycles. The predicted octanol–water partition coefficient (Wildman–Crippen LogP) is 4.32. The van der Waals surface area contributed by atoms with Gasteiger partial charge in [0.15, 0.2) is 11.5 Å². The van der Waals surface area contributed by atoms with Crippen LogP contribution in [0.15, 0.2) is 52.5 Å². The molecule has 27 heavy (non-hydrogen) atoms. The van der Waals surface area contributed by atoms with Crippen molar-refractivity contribution in [2.45, 2.75) is 13.0 Å². The van der Waals surface area contributed by atoms with Gasteiger partial charge in [0, 0.05) is 12.5 Å². The SMILES string of the molecule is O=C(/C=C/c1ccc2c(c1)OCCCO2)OCc1coc(-c2cccs2)n1. The van der Waals surface area contributed by atoms with Crippen LogP contribution >= 0.6 is 11.3 Å². The molecule has 0 amide bonds. The van der Waals surface area contributed by atoms with Crippen LogP contribution in [0.5, 0.6) is 11.5 Å². The first-order chi connectivity index (χ1) is 13.3. The quantitative estimate of drug-likeness (QED) is 0.483. The van der Waals surface area contributed by atoms with Crippen LogP contribution in [-0.2, 0) is 16.1 Å². The molecule has 1 aliphatic heterocycles. The first-order valence-electron chi connectivity index (χ1n) is 8.51. The topological polar surface area (TPSA) is 70.8 Å². The molecule has 3 aromatic rings. The average Bonchev–Trinajstić information content (AvgIpc) is 3.32. The van der Waals surface area contributed by atoms with Gasteiger partial charge >= 0.3 is 5.97 Å². The molecule has 0 N–H and O–H groups in total. The number of hydrogen-bond acceptors (Lipinski definition) is 7. The second-order valence-electron chi connectivity index (χ2n) is 5.82. The van der Waals surface area contributed by atoms with E-state index in [1.807, 2.05) is 35.7 Å². The summed E-state index contributed by atoms with van der Waals surface area (Å²) in [7, 11) is 0. The van der Waals surface area contributed by atoms with Crippen LogP contribution < -0.4 is 9.47 Å². The molecule has 0 saturated heterocycles. The van der Waals surface area contributed by atoms with E-state index in [0.29, 0.717) is 30.5 Å². The Morgan fingerprint density at radius 3 is 2.96 bits per heavy atom. The summed E-state index contributed by atoms with van der Waals surface area (Å²) in [6.07, 6.45) is 5.40. The second kappa shape index (κ2) is 8.09. The molecule has 0 fully saturated rings. The molecule has 0 bridgehead atoms. The highest BCUT2D eigenvalue weighted by Crippen LogP contribution is 2.30. The summed E-state index contributed by atoms with van der Waals surface area (Å²) in [6.45, 7) is 1.32. The third kappa shape index (κ3) is 4.38. The summed E-state index contributed by atoms with van der Waals surface area (Å²) in [5, 5.41) is 1.95. The van der Waals surface area contributed by atoms with E-state index in [1.54, 1.807) is 6.08 Å². The van der Waals surface area contributed by atoms with Gasteiger partial charge in [-0.1, -0.05) is 12.1 Å². The maximum absolute atomic E-state index is 11.9. The molecule has 1 aliphatic rings. The molecular formula is C20H17NO5S. The van der Waals surface area contributed by atoms with Crippen LogP contribution in [0.1, 0.15) is 17.7 Å². The van der Waals surface area contributed by atoms with Gasteiger partial charge in [-0.15, -0.1) is 11.3 Å². The molecule has 7 heteroatoms. The first kappa shape index (κ1) is 17.4. The Balaban J connectivity index is 1.33. The number of oxazole rings is 1. The fraction of sp³-hybridized carbons (Fsp3) is 0.200. The summed E-state index contributed by atoms with van der Waals surface area (Å²) < 4.78 is 21.8. The summed E-state index contributed by atoms with van der Waals surface area (Å²) in [5.74, 6) is 1.48. The lowest BCUT2D eigenvalue weighted by Crippen LogP contribution is -2.01. The van der Waals surface area contributed by atoms with Gasteiger partial charge in [0.2, 0.25) is 5.89 Å². The minimum atomic E-state index is -0.456. The summed E-state index contributed by atoms with van der Waals surface area (Å²) >= 11 is 1.54. The molecule has 138 valence electrons. The number of carbonyl (C=O) groups excluding carboxylic acids is 1. The molecule has 0 spiro atoms. The van der Waals surface area contributed by atoms with E-state index in [1.165, 1.54) is 23.7 Å². The van der Waals surface area contributed by atoms with E-state index in [-0.39, 0.29) is 6.61 Å². The minimum Gasteiger partial charge on any atom is -0.490 e. The van der Waals surface area contributed by atoms with Crippen LogP contribution in [0, 0.1) is 0 Å². The van der Waals surface area contributed by atoms with Crippen LogP contribution in [0.25, 0.3) is 16.8 Å². The third-order valence-electron chi connectivity index (χ3n) is 3.83. The zero-order valence-corrected chi connectivity index (χ0v) is 15.2. The summed E-state index contributed by atoms with van der Waals surface area (Å²) in [4.78, 5) is 17.2. The molecule has 0 unspecified atom stereocenters. The van der Waals surface area contributed by atoms with Gasteiger partial charge in [-0.05, 0) is 35.2 Å². The molecule has 0 atom stereocenters. The smallest absolute Gasteiger partial charge is 0.331 e. The molecule has 1 aromatic carbocycles. The average molecular weight is 383 g/mol. The molecule has 0 radical (unpaired) electrons. The van der Waals surface area contributed by atoms with Crippen molar-refractivity contribution in [1.29, 1.82) is 0 Å². The van der Waals surface area contributed by atoms with Gasteiger partial charge in [0.25, 0.3) is 0 Å². The van der Waals surface area contributed by atoms with Crippen molar-refractivity contribution < 1.29 is 23.4 Å². The number of hydrogen-bond donors (Lipinski definition) is 0. The van der Waals surface area contributed by atoms with E-state index in [0.717, 1.165) is 22.6 Å². The van der Waals surface area contributed by atoms with E-state index in [2.05, 4.69) is 4.98 Å². The van der Waals surface area contributed by atoms with E-state index in [9.17, 15) is 4.79 Å². The highest BCUT2D eigenvalue weighted by molar-refractivity contribution is 7.13. The standard InChI is InChI=1S/C20H17NO5S/c22-19(25-12-15-13-26-20(21-15)18-3-1-10-27-18)7-5-14-4-6-16-17(11-14)24-9-2-8-23-16/h1,3-7,10-11,13H,2,8-9,12H2/b7-5+. The Kier molecular flexibility index (Phi) is 5.20. The van der Waals surface area contributed by atoms with Crippen molar-refractivity contribution in [3.05, 3.63) is 59.3 Å². The van der Waals surface area contributed by atoms with E-state index < -0.39 is 5.97 Å². The lowest BCUT2D eigenvalue weighted by molar-refractivity contribution is -0.139. The predicted molar refractivity (Wildman–Crippen MR) is 101 cm³/mol. The number of thiophene rings is 1. The van der Waals surface area contributed by atoms with Crippen molar-refractivity contribution in [2.24, 2.45) is 0 Å². The molecule has 4 rings (SSSR count). The summed E-state index contributed by atoms with van der Waals surface area (Å²) in [5.41, 5.74) is 1.40. The zero-order chi connectivity index (χ0) is 18.5. The van der Waals surface area contributed by atoms with Gasteiger partial charge in [0.1, 0.15) is 18.6 Å². The molecule has 2 aromatic heterocycles. The molecule has 6 nitrogen and oxygen atoms in total. The number of nitrogens with zero attached hydrogens (tertiary/aromatic N) is 1. The maximum Gasteiger partial charge on any atom is 0.331 e. The Bertz CT molecular complexity index is 945. The Labute approximate surface area is 160 Å². The Morgan fingerprint density at radius 1 is 1.22 bits per heavy atom. The molecule has 3 heterocycles. The van der Waals surface area contributed by atoms with Crippen LogP contribution in [0.2, 0.25) is 0 Å².